The average Bonchev–Trinajstić information content (AvgIpc) is 2.53. The first-order chi connectivity index (χ1) is 7.47. The maximum Gasteiger partial charge on any atom is 0.185 e. The lowest BCUT2D eigenvalue weighted by atomic mass is 10.3. The minimum atomic E-state index is -1.33. The van der Waals surface area contributed by atoms with Gasteiger partial charge < -0.3 is 4.57 Å². The van der Waals surface area contributed by atoms with Crippen LogP contribution in [0.5, 0.6) is 0 Å². The third-order valence-electron chi connectivity index (χ3n) is 2.34. The molecule has 0 aliphatic rings. The van der Waals surface area contributed by atoms with E-state index in [4.69, 9.17) is 0 Å². The number of imidazole rings is 1. The van der Waals surface area contributed by atoms with E-state index < -0.39 is 8.07 Å². The zero-order chi connectivity index (χ0) is 11.8. The van der Waals surface area contributed by atoms with Gasteiger partial charge in [-0.15, -0.1) is 5.54 Å². The molecule has 0 aliphatic carbocycles. The molecular weight excluding hydrogens is 212 g/mol. The van der Waals surface area contributed by atoms with Crippen LogP contribution >= 0.6 is 0 Å². The minimum absolute atomic E-state index is 0.864. The third-order valence-corrected chi connectivity index (χ3v) is 3.21. The molecule has 1 aromatic heterocycles. The second kappa shape index (κ2) is 3.80. The minimum Gasteiger partial charge on any atom is -0.320 e. The Hall–Kier alpha value is -1.53. The van der Waals surface area contributed by atoms with E-state index in [0.29, 0.717) is 0 Å². The molecule has 2 aromatic rings. The number of hydrogen-bond donors (Lipinski definition) is 0. The Labute approximate surface area is 97.3 Å². The van der Waals surface area contributed by atoms with Gasteiger partial charge in [0.15, 0.2) is 5.82 Å². The summed E-state index contributed by atoms with van der Waals surface area (Å²) in [6.45, 7) is 6.72. The normalized spacial score (nSPS) is 11.2. The number of hydrogen-bond acceptors (Lipinski definition) is 1. The summed E-state index contributed by atoms with van der Waals surface area (Å²) in [6.07, 6.45) is 0. The third kappa shape index (κ3) is 2.17. The van der Waals surface area contributed by atoms with Gasteiger partial charge in [0.1, 0.15) is 8.07 Å². The summed E-state index contributed by atoms with van der Waals surface area (Å²) in [4.78, 5) is 4.53. The molecule has 3 heteroatoms. The summed E-state index contributed by atoms with van der Waals surface area (Å²) in [5, 5.41) is 0. The van der Waals surface area contributed by atoms with Gasteiger partial charge in [0.25, 0.3) is 0 Å². The van der Waals surface area contributed by atoms with E-state index in [-0.39, 0.29) is 0 Å². The molecule has 1 aromatic carbocycles. The van der Waals surface area contributed by atoms with Crippen LogP contribution < -0.4 is 0 Å². The highest BCUT2D eigenvalue weighted by Crippen LogP contribution is 2.13. The number of para-hydroxylation sites is 2. The van der Waals surface area contributed by atoms with E-state index in [1.54, 1.807) is 0 Å². The SMILES string of the molecule is Cn1c(C#C[Si](C)(C)C)nc2ccccc21. The quantitative estimate of drug-likeness (QED) is 0.501. The molecule has 0 spiro atoms. The lowest BCUT2D eigenvalue weighted by Crippen LogP contribution is -2.16. The fraction of sp³-hybridized carbons (Fsp3) is 0.308. The Bertz CT molecular complexity index is 579. The number of fused-ring (bicyclic) bond motifs is 1. The maximum atomic E-state index is 4.53. The smallest absolute Gasteiger partial charge is 0.185 e. The molecule has 0 radical (unpaired) electrons. The second-order valence-electron chi connectivity index (χ2n) is 4.98. The predicted octanol–water partition coefficient (Wildman–Crippen LogP) is 2.80. The van der Waals surface area contributed by atoms with Crippen LogP contribution in [0.1, 0.15) is 5.82 Å². The first-order valence-corrected chi connectivity index (χ1v) is 8.92. The van der Waals surface area contributed by atoms with Crippen LogP contribution in [0.2, 0.25) is 19.6 Å². The Kier molecular flexibility index (Phi) is 2.61. The number of rotatable bonds is 0. The molecule has 16 heavy (non-hydrogen) atoms. The topological polar surface area (TPSA) is 17.8 Å². The van der Waals surface area contributed by atoms with Crippen molar-refractivity contribution in [3.05, 3.63) is 30.1 Å². The molecule has 0 N–H and O–H groups in total. The fourth-order valence-electron chi connectivity index (χ4n) is 1.50. The molecule has 1 heterocycles. The van der Waals surface area contributed by atoms with E-state index in [9.17, 15) is 0 Å². The molecule has 82 valence electrons. The predicted molar refractivity (Wildman–Crippen MR) is 70.9 cm³/mol. The van der Waals surface area contributed by atoms with Crippen molar-refractivity contribution < 1.29 is 0 Å². The molecule has 0 atom stereocenters. The Morgan fingerprint density at radius 2 is 1.88 bits per heavy atom. The summed E-state index contributed by atoms with van der Waals surface area (Å²) in [5.41, 5.74) is 5.50. The molecule has 0 unspecified atom stereocenters. The lowest BCUT2D eigenvalue weighted by Gasteiger charge is -2.03. The zero-order valence-electron chi connectivity index (χ0n) is 10.2. The number of nitrogens with zero attached hydrogens (tertiary/aromatic N) is 2. The number of benzene rings is 1. The van der Waals surface area contributed by atoms with Crippen molar-refractivity contribution >= 4 is 19.1 Å². The van der Waals surface area contributed by atoms with Crippen LogP contribution in [-0.4, -0.2) is 17.6 Å². The average molecular weight is 228 g/mol. The molecule has 2 nitrogen and oxygen atoms in total. The molecule has 0 saturated heterocycles. The molecule has 0 aliphatic heterocycles. The molecule has 0 bridgehead atoms. The van der Waals surface area contributed by atoms with Gasteiger partial charge in [0.2, 0.25) is 0 Å². The van der Waals surface area contributed by atoms with Crippen LogP contribution in [-0.2, 0) is 7.05 Å². The van der Waals surface area contributed by atoms with Gasteiger partial charge in [-0.2, -0.15) is 0 Å². The van der Waals surface area contributed by atoms with Crippen LogP contribution in [0.3, 0.4) is 0 Å². The lowest BCUT2D eigenvalue weighted by molar-refractivity contribution is 0.925. The highest BCUT2D eigenvalue weighted by molar-refractivity contribution is 6.83. The summed E-state index contributed by atoms with van der Waals surface area (Å²) < 4.78 is 2.06. The van der Waals surface area contributed by atoms with Gasteiger partial charge in [-0.25, -0.2) is 4.98 Å². The van der Waals surface area contributed by atoms with Gasteiger partial charge in [-0.3, -0.25) is 0 Å². The van der Waals surface area contributed by atoms with Crippen molar-refractivity contribution in [1.29, 1.82) is 0 Å². The summed E-state index contributed by atoms with van der Waals surface area (Å²) in [7, 11) is 0.691. The van der Waals surface area contributed by atoms with Crippen molar-refractivity contribution in [1.82, 2.24) is 9.55 Å². The van der Waals surface area contributed by atoms with Gasteiger partial charge in [0, 0.05) is 7.05 Å². The van der Waals surface area contributed by atoms with Gasteiger partial charge in [-0.1, -0.05) is 31.8 Å². The van der Waals surface area contributed by atoms with Crippen LogP contribution in [0.25, 0.3) is 11.0 Å². The Morgan fingerprint density at radius 1 is 1.19 bits per heavy atom. The van der Waals surface area contributed by atoms with Crippen molar-refractivity contribution in [2.24, 2.45) is 7.05 Å². The van der Waals surface area contributed by atoms with E-state index in [0.717, 1.165) is 16.9 Å². The molecular formula is C13H16N2Si. The van der Waals surface area contributed by atoms with Gasteiger partial charge in [0.05, 0.1) is 11.0 Å². The highest BCUT2D eigenvalue weighted by Gasteiger charge is 2.09. The van der Waals surface area contributed by atoms with Crippen molar-refractivity contribution in [3.63, 3.8) is 0 Å². The van der Waals surface area contributed by atoms with E-state index in [2.05, 4.69) is 46.7 Å². The standard InChI is InChI=1S/C13H16N2Si/c1-15-12-8-6-5-7-11(12)14-13(15)9-10-16(2,3)4/h5-8H,1-4H3. The summed E-state index contributed by atoms with van der Waals surface area (Å²) >= 11 is 0. The van der Waals surface area contributed by atoms with Gasteiger partial charge >= 0.3 is 0 Å². The highest BCUT2D eigenvalue weighted by atomic mass is 28.3. The number of aryl methyl sites for hydroxylation is 1. The fourth-order valence-corrected chi connectivity index (χ4v) is 1.99. The second-order valence-corrected chi connectivity index (χ2v) is 9.73. The Balaban J connectivity index is 2.53. The van der Waals surface area contributed by atoms with Crippen LogP contribution in [0.15, 0.2) is 24.3 Å². The largest absolute Gasteiger partial charge is 0.320 e. The molecule has 0 saturated carbocycles. The first-order valence-electron chi connectivity index (χ1n) is 5.42. The van der Waals surface area contributed by atoms with Crippen molar-refractivity contribution in [2.75, 3.05) is 0 Å². The zero-order valence-corrected chi connectivity index (χ0v) is 11.2. The maximum absolute atomic E-state index is 4.53. The molecule has 0 amide bonds. The Morgan fingerprint density at radius 3 is 2.50 bits per heavy atom. The van der Waals surface area contributed by atoms with E-state index in [1.165, 1.54) is 0 Å². The van der Waals surface area contributed by atoms with E-state index in [1.807, 2.05) is 25.2 Å². The number of aromatic nitrogens is 2. The first kappa shape index (κ1) is 11.0. The van der Waals surface area contributed by atoms with E-state index >= 15 is 0 Å². The summed E-state index contributed by atoms with van der Waals surface area (Å²) in [5.74, 6) is 4.07. The van der Waals surface area contributed by atoms with Crippen LogP contribution in [0.4, 0.5) is 0 Å². The molecule has 2 rings (SSSR count). The van der Waals surface area contributed by atoms with Crippen molar-refractivity contribution in [2.45, 2.75) is 19.6 Å². The summed E-state index contributed by atoms with van der Waals surface area (Å²) in [6, 6.07) is 8.13. The van der Waals surface area contributed by atoms with Crippen molar-refractivity contribution in [3.8, 4) is 11.5 Å². The monoisotopic (exact) mass is 228 g/mol. The van der Waals surface area contributed by atoms with Crippen LogP contribution in [0, 0.1) is 11.5 Å². The molecule has 0 fully saturated rings. The van der Waals surface area contributed by atoms with Gasteiger partial charge in [-0.05, 0) is 18.1 Å².